The quantitative estimate of drug-likeness (QED) is 0.739. The molecule has 1 rings (SSSR count). The maximum Gasteiger partial charge on any atom is 0.253 e. The molecule has 1 amide bonds. The van der Waals surface area contributed by atoms with E-state index in [9.17, 15) is 9.90 Å². The highest BCUT2D eigenvalue weighted by molar-refractivity contribution is 6.00. The molecule has 1 atom stereocenters. The summed E-state index contributed by atoms with van der Waals surface area (Å²) >= 11 is 0. The van der Waals surface area contributed by atoms with E-state index in [4.69, 9.17) is 0 Å². The van der Waals surface area contributed by atoms with Gasteiger partial charge < -0.3 is 15.7 Å². The Morgan fingerprint density at radius 1 is 1.37 bits per heavy atom. The van der Waals surface area contributed by atoms with Crippen LogP contribution in [0, 0.1) is 0 Å². The van der Waals surface area contributed by atoms with E-state index >= 15 is 0 Å². The van der Waals surface area contributed by atoms with Crippen molar-refractivity contribution in [3.05, 3.63) is 29.8 Å². The first kappa shape index (κ1) is 15.5. The van der Waals surface area contributed by atoms with Crippen molar-refractivity contribution in [1.29, 1.82) is 0 Å². The highest BCUT2D eigenvalue weighted by atomic mass is 16.3. The van der Waals surface area contributed by atoms with Gasteiger partial charge in [0.25, 0.3) is 5.91 Å². The van der Waals surface area contributed by atoms with E-state index in [0.717, 1.165) is 18.7 Å². The summed E-state index contributed by atoms with van der Waals surface area (Å²) in [6, 6.07) is 7.40. The summed E-state index contributed by atoms with van der Waals surface area (Å²) < 4.78 is 0. The van der Waals surface area contributed by atoms with Gasteiger partial charge >= 0.3 is 0 Å². The van der Waals surface area contributed by atoms with Gasteiger partial charge in [0, 0.05) is 12.2 Å². The molecule has 0 aliphatic heterocycles. The fraction of sp³-hybridized carbons (Fsp3) is 0.533. The van der Waals surface area contributed by atoms with E-state index < -0.39 is 11.6 Å². The summed E-state index contributed by atoms with van der Waals surface area (Å²) in [6.45, 7) is 8.17. The topological polar surface area (TPSA) is 61.4 Å². The Bertz CT molecular complexity index is 428. The molecule has 3 N–H and O–H groups in total. The first-order chi connectivity index (χ1) is 8.88. The van der Waals surface area contributed by atoms with Gasteiger partial charge in [-0.2, -0.15) is 0 Å². The van der Waals surface area contributed by atoms with Crippen molar-refractivity contribution in [2.75, 3.05) is 11.9 Å². The number of anilines is 1. The van der Waals surface area contributed by atoms with Crippen LogP contribution < -0.4 is 10.6 Å². The van der Waals surface area contributed by atoms with Gasteiger partial charge in [-0.25, -0.2) is 0 Å². The summed E-state index contributed by atoms with van der Waals surface area (Å²) in [6.07, 6.45) is 0.377. The van der Waals surface area contributed by atoms with Crippen molar-refractivity contribution in [3.63, 3.8) is 0 Å². The zero-order chi connectivity index (χ0) is 14.5. The van der Waals surface area contributed by atoms with Gasteiger partial charge in [-0.1, -0.05) is 19.1 Å². The van der Waals surface area contributed by atoms with E-state index in [1.165, 1.54) is 0 Å². The van der Waals surface area contributed by atoms with Crippen LogP contribution in [0.4, 0.5) is 5.69 Å². The lowest BCUT2D eigenvalue weighted by Gasteiger charge is -2.29. The minimum Gasteiger partial charge on any atom is -0.391 e. The van der Waals surface area contributed by atoms with Gasteiger partial charge in [-0.05, 0) is 39.3 Å². The molecule has 0 saturated heterocycles. The fourth-order valence-corrected chi connectivity index (χ4v) is 1.56. The van der Waals surface area contributed by atoms with Crippen molar-refractivity contribution in [2.45, 2.75) is 45.8 Å². The number of benzene rings is 1. The third kappa shape index (κ3) is 4.24. The molecule has 0 aliphatic carbocycles. The highest BCUT2D eigenvalue weighted by Crippen LogP contribution is 2.17. The predicted molar refractivity (Wildman–Crippen MR) is 78.4 cm³/mol. The first-order valence-electron chi connectivity index (χ1n) is 6.72. The van der Waals surface area contributed by atoms with Crippen LogP contribution in [0.2, 0.25) is 0 Å². The summed E-state index contributed by atoms with van der Waals surface area (Å²) in [5, 5.41) is 15.8. The summed E-state index contributed by atoms with van der Waals surface area (Å²) in [7, 11) is 0. The van der Waals surface area contributed by atoms with Gasteiger partial charge in [-0.15, -0.1) is 0 Å². The van der Waals surface area contributed by atoms with Crippen molar-refractivity contribution >= 4 is 11.6 Å². The molecular formula is C15H24N2O2. The van der Waals surface area contributed by atoms with Crippen LogP contribution in [0.5, 0.6) is 0 Å². The Morgan fingerprint density at radius 3 is 2.58 bits per heavy atom. The molecule has 4 nitrogen and oxygen atoms in total. The third-order valence-electron chi connectivity index (χ3n) is 3.22. The fourth-order valence-electron chi connectivity index (χ4n) is 1.56. The standard InChI is InChI=1S/C15H24N2O2/c1-5-10-16-13-9-7-6-8-12(13)14(19)17-15(3,4)11(2)18/h6-9,11,16,18H,5,10H2,1-4H3,(H,17,19). The number of para-hydroxylation sites is 1. The van der Waals surface area contributed by atoms with E-state index in [2.05, 4.69) is 17.6 Å². The second-order valence-electron chi connectivity index (χ2n) is 5.32. The molecule has 1 aromatic rings. The molecule has 0 aliphatic rings. The van der Waals surface area contributed by atoms with Crippen LogP contribution in [0.3, 0.4) is 0 Å². The first-order valence-corrected chi connectivity index (χ1v) is 6.72. The molecule has 1 unspecified atom stereocenters. The number of rotatable bonds is 6. The molecule has 0 bridgehead atoms. The van der Waals surface area contributed by atoms with E-state index in [1.54, 1.807) is 26.8 Å². The smallest absolute Gasteiger partial charge is 0.253 e. The normalized spacial score (nSPS) is 12.9. The second-order valence-corrected chi connectivity index (χ2v) is 5.32. The van der Waals surface area contributed by atoms with Gasteiger partial charge in [0.1, 0.15) is 0 Å². The summed E-state index contributed by atoms with van der Waals surface area (Å²) in [5.41, 5.74) is 0.766. The lowest BCUT2D eigenvalue weighted by molar-refractivity contribution is 0.0710. The summed E-state index contributed by atoms with van der Waals surface area (Å²) in [5.74, 6) is -0.176. The molecule has 0 radical (unpaired) electrons. The number of amides is 1. The summed E-state index contributed by atoms with van der Waals surface area (Å²) in [4.78, 5) is 12.3. The molecule has 0 spiro atoms. The maximum atomic E-state index is 12.3. The SMILES string of the molecule is CCCNc1ccccc1C(=O)NC(C)(C)C(C)O. The van der Waals surface area contributed by atoms with Crippen LogP contribution in [0.25, 0.3) is 0 Å². The Hall–Kier alpha value is -1.55. The number of nitrogens with one attached hydrogen (secondary N) is 2. The van der Waals surface area contributed by atoms with Gasteiger partial charge in [0.05, 0.1) is 17.2 Å². The van der Waals surface area contributed by atoms with Gasteiger partial charge in [0.15, 0.2) is 0 Å². The number of carbonyl (C=O) groups excluding carboxylic acids is 1. The molecule has 0 saturated carbocycles. The van der Waals surface area contributed by atoms with Gasteiger partial charge in [-0.3, -0.25) is 4.79 Å². The van der Waals surface area contributed by atoms with E-state index in [1.807, 2.05) is 18.2 Å². The van der Waals surface area contributed by atoms with E-state index in [0.29, 0.717) is 5.56 Å². The van der Waals surface area contributed by atoms with Crippen LogP contribution in [0.1, 0.15) is 44.5 Å². The number of hydrogen-bond acceptors (Lipinski definition) is 3. The Labute approximate surface area is 115 Å². The lowest BCUT2D eigenvalue weighted by Crippen LogP contribution is -2.51. The number of aliphatic hydroxyl groups is 1. The Kier molecular flexibility index (Phi) is 5.36. The monoisotopic (exact) mass is 264 g/mol. The van der Waals surface area contributed by atoms with Gasteiger partial charge in [0.2, 0.25) is 0 Å². The average Bonchev–Trinajstić information content (AvgIpc) is 2.36. The van der Waals surface area contributed by atoms with Crippen molar-refractivity contribution in [3.8, 4) is 0 Å². The van der Waals surface area contributed by atoms with Crippen molar-refractivity contribution < 1.29 is 9.90 Å². The molecular weight excluding hydrogens is 240 g/mol. The van der Waals surface area contributed by atoms with Crippen LogP contribution >= 0.6 is 0 Å². The van der Waals surface area contributed by atoms with Crippen LogP contribution in [-0.4, -0.2) is 29.2 Å². The molecule has 19 heavy (non-hydrogen) atoms. The molecule has 0 heterocycles. The molecule has 0 aromatic heterocycles. The predicted octanol–water partition coefficient (Wildman–Crippen LogP) is 2.40. The number of hydrogen-bond donors (Lipinski definition) is 3. The molecule has 4 heteroatoms. The van der Waals surface area contributed by atoms with Crippen LogP contribution in [0.15, 0.2) is 24.3 Å². The second kappa shape index (κ2) is 6.57. The highest BCUT2D eigenvalue weighted by Gasteiger charge is 2.27. The largest absolute Gasteiger partial charge is 0.391 e. The lowest BCUT2D eigenvalue weighted by atomic mass is 9.98. The minimum absolute atomic E-state index is 0.176. The molecule has 0 fully saturated rings. The third-order valence-corrected chi connectivity index (χ3v) is 3.22. The Morgan fingerprint density at radius 2 is 2.00 bits per heavy atom. The average molecular weight is 264 g/mol. The van der Waals surface area contributed by atoms with Crippen molar-refractivity contribution in [2.24, 2.45) is 0 Å². The van der Waals surface area contributed by atoms with E-state index in [-0.39, 0.29) is 5.91 Å². The number of carbonyl (C=O) groups is 1. The molecule has 1 aromatic carbocycles. The zero-order valence-electron chi connectivity index (χ0n) is 12.2. The number of aliphatic hydroxyl groups excluding tert-OH is 1. The molecule has 106 valence electrons. The zero-order valence-corrected chi connectivity index (χ0v) is 12.2. The van der Waals surface area contributed by atoms with Crippen molar-refractivity contribution in [1.82, 2.24) is 5.32 Å². The minimum atomic E-state index is -0.658. The van der Waals surface area contributed by atoms with Crippen LogP contribution in [-0.2, 0) is 0 Å². The maximum absolute atomic E-state index is 12.3. The Balaban J connectivity index is 2.87.